The number of hydrogen-bond donors (Lipinski definition) is 4. The third-order valence-corrected chi connectivity index (χ3v) is 9.33. The van der Waals surface area contributed by atoms with Gasteiger partial charge in [-0.3, -0.25) is 4.79 Å². The van der Waals surface area contributed by atoms with E-state index in [1.165, 1.54) is 0 Å². The molecule has 0 heterocycles. The van der Waals surface area contributed by atoms with Crippen LogP contribution in [0.4, 0.5) is 0 Å². The van der Waals surface area contributed by atoms with Gasteiger partial charge in [0.05, 0.1) is 12.2 Å². The molecule has 0 bridgehead atoms. The van der Waals surface area contributed by atoms with Gasteiger partial charge in [0.1, 0.15) is 12.2 Å². The summed E-state index contributed by atoms with van der Waals surface area (Å²) >= 11 is 0. The highest BCUT2D eigenvalue weighted by molar-refractivity contribution is 5.89. The molecular formula is C21H34O5. The molecule has 4 fully saturated rings. The van der Waals surface area contributed by atoms with Gasteiger partial charge in [-0.25, -0.2) is 0 Å². The molecule has 4 rings (SSSR count). The van der Waals surface area contributed by atoms with Crippen LogP contribution in [-0.4, -0.2) is 50.6 Å². The monoisotopic (exact) mass is 366 g/mol. The van der Waals surface area contributed by atoms with Crippen LogP contribution in [0.1, 0.15) is 65.2 Å². The predicted octanol–water partition coefficient (Wildman–Crippen LogP) is 1.65. The second-order valence-corrected chi connectivity index (χ2v) is 10.2. The minimum Gasteiger partial charge on any atom is -0.393 e. The summed E-state index contributed by atoms with van der Waals surface area (Å²) in [7, 11) is 0. The maximum absolute atomic E-state index is 12.4. The van der Waals surface area contributed by atoms with Crippen LogP contribution in [0.3, 0.4) is 0 Å². The summed E-state index contributed by atoms with van der Waals surface area (Å²) in [5.41, 5.74) is -2.14. The summed E-state index contributed by atoms with van der Waals surface area (Å²) in [6, 6.07) is 0. The van der Waals surface area contributed by atoms with E-state index >= 15 is 0 Å². The minimum atomic E-state index is -1.52. The van der Waals surface area contributed by atoms with Gasteiger partial charge in [0.25, 0.3) is 0 Å². The first kappa shape index (κ1) is 18.9. The Hall–Kier alpha value is -0.490. The van der Waals surface area contributed by atoms with E-state index in [-0.39, 0.29) is 23.4 Å². The molecule has 0 aromatic heterocycles. The molecule has 4 aliphatic rings. The van der Waals surface area contributed by atoms with E-state index in [1.807, 2.05) is 6.92 Å². The third kappa shape index (κ3) is 2.27. The molecule has 148 valence electrons. The van der Waals surface area contributed by atoms with Gasteiger partial charge in [0.15, 0.2) is 5.78 Å². The van der Waals surface area contributed by atoms with Crippen LogP contribution in [0.25, 0.3) is 0 Å². The number of carbonyl (C=O) groups is 1. The van der Waals surface area contributed by atoms with Crippen molar-refractivity contribution in [2.24, 2.45) is 34.5 Å². The van der Waals surface area contributed by atoms with E-state index in [1.54, 1.807) is 0 Å². The van der Waals surface area contributed by atoms with Crippen molar-refractivity contribution in [3.63, 3.8) is 0 Å². The summed E-state index contributed by atoms with van der Waals surface area (Å²) in [5, 5.41) is 41.9. The SMILES string of the molecule is C[C@]12CC[C@@H](O)C[C@H]1CC[C@@H]1[C@H]2[C@@H](O)C[C@@]2(C)[C@@H]1CC[C@]2(O)C(=O)CO. The van der Waals surface area contributed by atoms with Gasteiger partial charge in [-0.05, 0) is 80.5 Å². The Kier molecular flexibility index (Phi) is 4.35. The van der Waals surface area contributed by atoms with E-state index < -0.39 is 29.5 Å². The van der Waals surface area contributed by atoms with Gasteiger partial charge in [0, 0.05) is 5.41 Å². The molecule has 4 N–H and O–H groups in total. The Morgan fingerprint density at radius 3 is 2.50 bits per heavy atom. The summed E-state index contributed by atoms with van der Waals surface area (Å²) < 4.78 is 0. The Bertz CT molecular complexity index is 593. The zero-order valence-corrected chi connectivity index (χ0v) is 16.0. The molecule has 5 heteroatoms. The molecule has 0 radical (unpaired) electrons. The van der Waals surface area contributed by atoms with Crippen molar-refractivity contribution in [3.8, 4) is 0 Å². The van der Waals surface area contributed by atoms with E-state index in [0.29, 0.717) is 24.7 Å². The maximum atomic E-state index is 12.4. The summed E-state index contributed by atoms with van der Waals surface area (Å²) in [5.74, 6) is 0.653. The molecular weight excluding hydrogens is 332 g/mol. The number of aliphatic hydroxyl groups excluding tert-OH is 3. The second kappa shape index (κ2) is 6.00. The molecule has 9 atom stereocenters. The van der Waals surface area contributed by atoms with Crippen LogP contribution in [0.5, 0.6) is 0 Å². The standard InChI is InChI=1S/C21H34O5/c1-19-7-5-13(23)9-12(19)3-4-14-15-6-8-21(26,17(25)11-22)20(15,2)10-16(24)18(14)19/h12-16,18,22-24,26H,3-11H2,1-2H3/t12-,13-,14+,15-,16+,18+,19+,20+,21+/m1/s1. The zero-order valence-electron chi connectivity index (χ0n) is 16.0. The van der Waals surface area contributed by atoms with Crippen molar-refractivity contribution in [1.29, 1.82) is 0 Å². The summed E-state index contributed by atoms with van der Waals surface area (Å²) in [4.78, 5) is 12.4. The predicted molar refractivity (Wildman–Crippen MR) is 96.2 cm³/mol. The molecule has 0 aromatic carbocycles. The van der Waals surface area contributed by atoms with E-state index in [2.05, 4.69) is 6.92 Å². The fourth-order valence-electron chi connectivity index (χ4n) is 7.95. The number of aliphatic hydroxyl groups is 4. The number of ketones is 1. The lowest BCUT2D eigenvalue weighted by Gasteiger charge is -2.62. The molecule has 26 heavy (non-hydrogen) atoms. The second-order valence-electron chi connectivity index (χ2n) is 10.2. The fourth-order valence-corrected chi connectivity index (χ4v) is 7.95. The van der Waals surface area contributed by atoms with Gasteiger partial charge in [-0.2, -0.15) is 0 Å². The first-order valence-corrected chi connectivity index (χ1v) is 10.4. The first-order chi connectivity index (χ1) is 12.2. The van der Waals surface area contributed by atoms with Crippen LogP contribution in [0.15, 0.2) is 0 Å². The molecule has 0 amide bonds. The quantitative estimate of drug-likeness (QED) is 0.596. The van der Waals surface area contributed by atoms with Crippen molar-refractivity contribution in [3.05, 3.63) is 0 Å². The average molecular weight is 366 g/mol. The Balaban J connectivity index is 1.69. The van der Waals surface area contributed by atoms with Crippen LogP contribution < -0.4 is 0 Å². The lowest BCUT2D eigenvalue weighted by molar-refractivity contribution is -0.202. The molecule has 0 aliphatic heterocycles. The summed E-state index contributed by atoms with van der Waals surface area (Å²) in [6.07, 6.45) is 5.48. The largest absolute Gasteiger partial charge is 0.393 e. The van der Waals surface area contributed by atoms with Gasteiger partial charge < -0.3 is 20.4 Å². The molecule has 4 aliphatic carbocycles. The molecule has 5 nitrogen and oxygen atoms in total. The Morgan fingerprint density at radius 1 is 1.08 bits per heavy atom. The van der Waals surface area contributed by atoms with Crippen molar-refractivity contribution < 1.29 is 25.2 Å². The highest BCUT2D eigenvalue weighted by atomic mass is 16.3. The maximum Gasteiger partial charge on any atom is 0.190 e. The lowest BCUT2D eigenvalue weighted by atomic mass is 9.43. The Labute approximate surface area is 155 Å². The van der Waals surface area contributed by atoms with Gasteiger partial charge in [-0.15, -0.1) is 0 Å². The van der Waals surface area contributed by atoms with Crippen LogP contribution in [-0.2, 0) is 4.79 Å². The number of hydrogen-bond acceptors (Lipinski definition) is 5. The molecule has 0 unspecified atom stereocenters. The van der Waals surface area contributed by atoms with Gasteiger partial charge >= 0.3 is 0 Å². The minimum absolute atomic E-state index is 0.0323. The van der Waals surface area contributed by atoms with Gasteiger partial charge in [-0.1, -0.05) is 13.8 Å². The van der Waals surface area contributed by atoms with E-state index in [4.69, 9.17) is 0 Å². The molecule has 0 aromatic rings. The van der Waals surface area contributed by atoms with Crippen LogP contribution in [0.2, 0.25) is 0 Å². The van der Waals surface area contributed by atoms with Crippen LogP contribution in [0, 0.1) is 34.5 Å². The van der Waals surface area contributed by atoms with Crippen molar-refractivity contribution >= 4 is 5.78 Å². The molecule has 4 saturated carbocycles. The van der Waals surface area contributed by atoms with Crippen LogP contribution >= 0.6 is 0 Å². The number of rotatable bonds is 2. The number of fused-ring (bicyclic) bond motifs is 5. The van der Waals surface area contributed by atoms with Crippen molar-refractivity contribution in [2.45, 2.75) is 83.0 Å². The van der Waals surface area contributed by atoms with Crippen molar-refractivity contribution in [1.82, 2.24) is 0 Å². The first-order valence-electron chi connectivity index (χ1n) is 10.4. The van der Waals surface area contributed by atoms with Gasteiger partial charge in [0.2, 0.25) is 0 Å². The van der Waals surface area contributed by atoms with E-state index in [9.17, 15) is 25.2 Å². The zero-order chi connectivity index (χ0) is 18.9. The topological polar surface area (TPSA) is 98.0 Å². The smallest absolute Gasteiger partial charge is 0.190 e. The average Bonchev–Trinajstić information content (AvgIpc) is 2.86. The number of Topliss-reactive ketones (excluding diaryl/α,β-unsaturated/α-hetero) is 1. The summed E-state index contributed by atoms with van der Waals surface area (Å²) in [6.45, 7) is 3.61. The normalized spacial score (nSPS) is 56.4. The van der Waals surface area contributed by atoms with Crippen molar-refractivity contribution in [2.75, 3.05) is 6.61 Å². The van der Waals surface area contributed by atoms with E-state index in [0.717, 1.165) is 38.5 Å². The third-order valence-electron chi connectivity index (χ3n) is 9.33. The highest BCUT2D eigenvalue weighted by Gasteiger charge is 2.68. The molecule has 0 saturated heterocycles. The lowest BCUT2D eigenvalue weighted by Crippen LogP contribution is -2.63. The fraction of sp³-hybridized carbons (Fsp3) is 0.952. The highest BCUT2D eigenvalue weighted by Crippen LogP contribution is 2.68. The number of carbonyl (C=O) groups excluding carboxylic acids is 1. The Morgan fingerprint density at radius 2 is 1.81 bits per heavy atom. The molecule has 0 spiro atoms.